The first kappa shape index (κ1) is 8.92. The van der Waals surface area contributed by atoms with Gasteiger partial charge in [-0.1, -0.05) is 0 Å². The van der Waals surface area contributed by atoms with E-state index in [4.69, 9.17) is 4.55 Å². The zero-order chi connectivity index (χ0) is 9.80. The number of fused-ring (bicyclic) bond motifs is 1. The predicted molar refractivity (Wildman–Crippen MR) is 43.2 cm³/mol. The normalized spacial score (nSPS) is 34.6. The molecular formula is C6H10N2O4S. The van der Waals surface area contributed by atoms with Crippen LogP contribution in [0.4, 0.5) is 0 Å². The van der Waals surface area contributed by atoms with Gasteiger partial charge in [0.15, 0.2) is 0 Å². The minimum Gasteiger partial charge on any atom is -0.293 e. The van der Waals surface area contributed by atoms with Crippen LogP contribution in [0.15, 0.2) is 0 Å². The summed E-state index contributed by atoms with van der Waals surface area (Å²) >= 11 is 0. The molecule has 0 aromatic rings. The standard InChI is InChI=1S/C6H10N2O4S/c1-7-3-2-4-5(7)6(9)8(4)13(10,11)12/h4-5H,2-3H2,1H3,(H,10,11,12). The Hall–Kier alpha value is -0.660. The maximum Gasteiger partial charge on any atom is 0.362 e. The number of rotatable bonds is 1. The average Bonchev–Trinajstić information content (AvgIpc) is 2.22. The third-order valence-electron chi connectivity index (χ3n) is 2.64. The van der Waals surface area contributed by atoms with Crippen molar-refractivity contribution in [2.45, 2.75) is 18.5 Å². The van der Waals surface area contributed by atoms with Gasteiger partial charge in [-0.3, -0.25) is 14.2 Å². The van der Waals surface area contributed by atoms with E-state index >= 15 is 0 Å². The van der Waals surface area contributed by atoms with Gasteiger partial charge in [0, 0.05) is 6.54 Å². The molecule has 2 rings (SSSR count). The van der Waals surface area contributed by atoms with E-state index in [9.17, 15) is 13.2 Å². The van der Waals surface area contributed by atoms with E-state index in [0.29, 0.717) is 17.3 Å². The smallest absolute Gasteiger partial charge is 0.293 e. The minimum absolute atomic E-state index is 0.345. The first-order valence-electron chi connectivity index (χ1n) is 3.94. The van der Waals surface area contributed by atoms with Crippen molar-refractivity contribution in [2.24, 2.45) is 0 Å². The molecule has 0 radical (unpaired) electrons. The molecule has 2 fully saturated rings. The number of β-lactam (4-membered cyclic amide) rings is 1. The van der Waals surface area contributed by atoms with Crippen LogP contribution in [0.2, 0.25) is 0 Å². The van der Waals surface area contributed by atoms with Crippen molar-refractivity contribution in [3.8, 4) is 0 Å². The van der Waals surface area contributed by atoms with Crippen LogP contribution >= 0.6 is 0 Å². The molecule has 0 aliphatic carbocycles. The van der Waals surface area contributed by atoms with E-state index in [1.165, 1.54) is 0 Å². The molecular weight excluding hydrogens is 196 g/mol. The topological polar surface area (TPSA) is 77.9 Å². The first-order chi connectivity index (χ1) is 5.93. The maximum absolute atomic E-state index is 11.2. The molecule has 6 nitrogen and oxygen atoms in total. The van der Waals surface area contributed by atoms with Crippen molar-refractivity contribution in [1.29, 1.82) is 0 Å². The summed E-state index contributed by atoms with van der Waals surface area (Å²) in [6.07, 6.45) is 0.604. The number of hydrogen-bond acceptors (Lipinski definition) is 4. The van der Waals surface area contributed by atoms with Crippen molar-refractivity contribution in [1.82, 2.24) is 9.21 Å². The second kappa shape index (κ2) is 2.43. The van der Waals surface area contributed by atoms with E-state index in [1.54, 1.807) is 11.9 Å². The van der Waals surface area contributed by atoms with Gasteiger partial charge in [0.05, 0.1) is 6.04 Å². The molecule has 13 heavy (non-hydrogen) atoms. The molecule has 2 heterocycles. The third kappa shape index (κ3) is 1.07. The summed E-state index contributed by atoms with van der Waals surface area (Å²) < 4.78 is 30.7. The monoisotopic (exact) mass is 206 g/mol. The Labute approximate surface area is 76.0 Å². The van der Waals surface area contributed by atoms with Crippen LogP contribution < -0.4 is 0 Å². The summed E-state index contributed by atoms with van der Waals surface area (Å²) in [6, 6.07) is -0.700. The van der Waals surface area contributed by atoms with Gasteiger partial charge in [-0.25, -0.2) is 4.31 Å². The van der Waals surface area contributed by atoms with Crippen molar-refractivity contribution in [3.63, 3.8) is 0 Å². The van der Waals surface area contributed by atoms with Crippen molar-refractivity contribution >= 4 is 16.2 Å². The Morgan fingerprint density at radius 2 is 2.15 bits per heavy atom. The van der Waals surface area contributed by atoms with E-state index in [0.717, 1.165) is 0 Å². The van der Waals surface area contributed by atoms with E-state index in [1.807, 2.05) is 0 Å². The number of amides is 1. The lowest BCUT2D eigenvalue weighted by Crippen LogP contribution is -2.67. The van der Waals surface area contributed by atoms with Crippen molar-refractivity contribution in [2.75, 3.05) is 13.6 Å². The number of likely N-dealkylation sites (N-methyl/N-ethyl adjacent to an activating group) is 1. The summed E-state index contributed by atoms with van der Waals surface area (Å²) in [6.45, 7) is 0.688. The highest BCUT2D eigenvalue weighted by molar-refractivity contribution is 7.84. The fraction of sp³-hybridized carbons (Fsp3) is 0.833. The summed E-state index contributed by atoms with van der Waals surface area (Å²) in [4.78, 5) is 13.0. The first-order valence-corrected chi connectivity index (χ1v) is 5.33. The second-order valence-corrected chi connectivity index (χ2v) is 4.68. The highest BCUT2D eigenvalue weighted by Gasteiger charge is 2.57. The molecule has 0 aromatic carbocycles. The number of carbonyl (C=O) groups excluding carboxylic acids is 1. The third-order valence-corrected chi connectivity index (χ3v) is 3.58. The lowest BCUT2D eigenvalue weighted by atomic mass is 10.0. The summed E-state index contributed by atoms with van der Waals surface area (Å²) in [5.41, 5.74) is 0. The molecule has 0 bridgehead atoms. The lowest BCUT2D eigenvalue weighted by Gasteiger charge is -2.41. The highest BCUT2D eigenvalue weighted by atomic mass is 32.2. The van der Waals surface area contributed by atoms with Gasteiger partial charge in [-0.05, 0) is 13.5 Å². The average molecular weight is 206 g/mol. The zero-order valence-electron chi connectivity index (χ0n) is 7.04. The van der Waals surface area contributed by atoms with Crippen LogP contribution in [0.1, 0.15) is 6.42 Å². The van der Waals surface area contributed by atoms with Crippen LogP contribution in [0.25, 0.3) is 0 Å². The van der Waals surface area contributed by atoms with Crippen molar-refractivity contribution < 1.29 is 17.8 Å². The number of likely N-dealkylation sites (tertiary alicyclic amines) is 1. The summed E-state index contributed by atoms with van der Waals surface area (Å²) in [5, 5.41) is 0. The largest absolute Gasteiger partial charge is 0.362 e. The fourth-order valence-electron chi connectivity index (χ4n) is 2.02. The van der Waals surface area contributed by atoms with Crippen LogP contribution in [-0.4, -0.2) is 53.8 Å². The Bertz CT molecular complexity index is 352. The van der Waals surface area contributed by atoms with Gasteiger partial charge in [0.2, 0.25) is 0 Å². The molecule has 2 aliphatic rings. The van der Waals surface area contributed by atoms with Crippen LogP contribution in [0.5, 0.6) is 0 Å². The number of nitrogens with zero attached hydrogens (tertiary/aromatic N) is 2. The summed E-state index contributed by atoms with van der Waals surface area (Å²) in [5.74, 6) is -0.521. The quantitative estimate of drug-likeness (QED) is 0.426. The van der Waals surface area contributed by atoms with E-state index < -0.39 is 16.2 Å². The molecule has 2 saturated heterocycles. The number of carbonyl (C=O) groups is 1. The van der Waals surface area contributed by atoms with Gasteiger partial charge in [0.1, 0.15) is 6.04 Å². The highest BCUT2D eigenvalue weighted by Crippen LogP contribution is 2.34. The molecule has 0 saturated carbocycles. The molecule has 2 atom stereocenters. The number of hydrogen-bond donors (Lipinski definition) is 1. The Morgan fingerprint density at radius 3 is 2.69 bits per heavy atom. The predicted octanol–water partition coefficient (Wildman–Crippen LogP) is -1.30. The molecule has 1 N–H and O–H groups in total. The molecule has 0 aromatic heterocycles. The second-order valence-electron chi connectivity index (χ2n) is 3.39. The molecule has 2 unspecified atom stereocenters. The molecule has 0 spiro atoms. The SMILES string of the molecule is CN1CCC2C1C(=O)N2S(=O)(=O)O. The fourth-order valence-corrected chi connectivity index (χ4v) is 2.92. The van der Waals surface area contributed by atoms with Gasteiger partial charge in [-0.15, -0.1) is 0 Å². The Balaban J connectivity index is 2.26. The van der Waals surface area contributed by atoms with Crippen LogP contribution in [0.3, 0.4) is 0 Å². The van der Waals surface area contributed by atoms with Gasteiger partial charge in [-0.2, -0.15) is 8.42 Å². The Kier molecular flexibility index (Phi) is 1.67. The van der Waals surface area contributed by atoms with E-state index in [-0.39, 0.29) is 12.1 Å². The Morgan fingerprint density at radius 1 is 1.54 bits per heavy atom. The van der Waals surface area contributed by atoms with E-state index in [2.05, 4.69) is 0 Å². The maximum atomic E-state index is 11.2. The minimum atomic E-state index is -4.34. The van der Waals surface area contributed by atoms with Gasteiger partial charge >= 0.3 is 10.3 Å². The van der Waals surface area contributed by atoms with Crippen LogP contribution in [0, 0.1) is 0 Å². The molecule has 2 aliphatic heterocycles. The lowest BCUT2D eigenvalue weighted by molar-refractivity contribution is -0.144. The summed E-state index contributed by atoms with van der Waals surface area (Å²) in [7, 11) is -2.57. The van der Waals surface area contributed by atoms with Gasteiger partial charge < -0.3 is 0 Å². The zero-order valence-corrected chi connectivity index (χ0v) is 7.86. The molecule has 7 heteroatoms. The molecule has 1 amide bonds. The van der Waals surface area contributed by atoms with Crippen LogP contribution in [-0.2, 0) is 15.1 Å². The van der Waals surface area contributed by atoms with Crippen molar-refractivity contribution in [3.05, 3.63) is 0 Å². The molecule has 74 valence electrons. The van der Waals surface area contributed by atoms with Gasteiger partial charge in [0.25, 0.3) is 5.91 Å².